The third-order valence-electron chi connectivity index (χ3n) is 3.76. The Hall–Kier alpha value is -3.41. The summed E-state index contributed by atoms with van der Waals surface area (Å²) in [5.74, 6) is -0.341. The van der Waals surface area contributed by atoms with Crippen molar-refractivity contribution in [2.45, 2.75) is 12.8 Å². The maximum atomic E-state index is 11.7. The van der Waals surface area contributed by atoms with Crippen molar-refractivity contribution in [2.24, 2.45) is 0 Å². The number of nitrogens with zero attached hydrogens (tertiary/aromatic N) is 1. The van der Waals surface area contributed by atoms with E-state index in [0.29, 0.717) is 11.7 Å². The van der Waals surface area contributed by atoms with E-state index in [1.54, 1.807) is 0 Å². The van der Waals surface area contributed by atoms with E-state index >= 15 is 0 Å². The van der Waals surface area contributed by atoms with E-state index in [2.05, 4.69) is 10.3 Å². The number of carbonyl (C=O) groups excluding carboxylic acids is 1. The minimum atomic E-state index is -1.08. The highest BCUT2D eigenvalue weighted by Gasteiger charge is 2.17. The number of oxazole rings is 1. The molecule has 0 fully saturated rings. The lowest BCUT2D eigenvalue weighted by Gasteiger charge is -2.01. The maximum absolute atomic E-state index is 11.7. The topological polar surface area (TPSA) is 92.4 Å². The largest absolute Gasteiger partial charge is 0.480 e. The minimum absolute atomic E-state index is 0.107. The van der Waals surface area contributed by atoms with Crippen LogP contribution in [0.3, 0.4) is 0 Å². The van der Waals surface area contributed by atoms with E-state index < -0.39 is 12.5 Å². The molecule has 0 saturated carbocycles. The minimum Gasteiger partial charge on any atom is -0.480 e. The number of carbonyl (C=O) groups is 2. The molecule has 0 radical (unpaired) electrons. The number of aryl methyl sites for hydroxylation is 1. The van der Waals surface area contributed by atoms with Crippen LogP contribution < -0.4 is 5.32 Å². The fourth-order valence-electron chi connectivity index (χ4n) is 2.53. The van der Waals surface area contributed by atoms with E-state index in [4.69, 9.17) is 9.52 Å². The van der Waals surface area contributed by atoms with Crippen LogP contribution in [0.1, 0.15) is 12.3 Å². The van der Waals surface area contributed by atoms with E-state index in [-0.39, 0.29) is 18.7 Å². The number of carboxylic acid groups (broad SMARTS) is 1. The van der Waals surface area contributed by atoms with Gasteiger partial charge in [-0.15, -0.1) is 0 Å². The number of rotatable bonds is 7. The van der Waals surface area contributed by atoms with E-state index in [9.17, 15) is 9.59 Å². The van der Waals surface area contributed by atoms with Crippen LogP contribution in [0.2, 0.25) is 0 Å². The zero-order chi connectivity index (χ0) is 18.4. The number of nitrogens with one attached hydrogen (secondary N) is 1. The van der Waals surface area contributed by atoms with Crippen molar-refractivity contribution < 1.29 is 19.1 Å². The molecule has 0 aliphatic heterocycles. The Morgan fingerprint density at radius 1 is 0.962 bits per heavy atom. The summed E-state index contributed by atoms with van der Waals surface area (Å²) >= 11 is 0. The van der Waals surface area contributed by atoms with E-state index in [1.807, 2.05) is 60.7 Å². The molecule has 26 heavy (non-hydrogen) atoms. The van der Waals surface area contributed by atoms with Gasteiger partial charge in [0.05, 0.1) is 0 Å². The van der Waals surface area contributed by atoms with Crippen LogP contribution >= 0.6 is 0 Å². The molecule has 6 nitrogen and oxygen atoms in total. The van der Waals surface area contributed by atoms with Gasteiger partial charge < -0.3 is 14.8 Å². The molecule has 3 rings (SSSR count). The molecule has 3 aromatic rings. The van der Waals surface area contributed by atoms with Gasteiger partial charge in [-0.1, -0.05) is 60.7 Å². The first-order valence-electron chi connectivity index (χ1n) is 8.22. The number of benzene rings is 2. The van der Waals surface area contributed by atoms with Gasteiger partial charge in [0.2, 0.25) is 5.91 Å². The van der Waals surface area contributed by atoms with Crippen LogP contribution in [0.4, 0.5) is 0 Å². The number of amides is 1. The van der Waals surface area contributed by atoms with Gasteiger partial charge in [-0.05, 0) is 0 Å². The third kappa shape index (κ3) is 4.36. The van der Waals surface area contributed by atoms with Crippen molar-refractivity contribution >= 4 is 11.9 Å². The second kappa shape index (κ2) is 8.11. The van der Waals surface area contributed by atoms with Crippen molar-refractivity contribution in [2.75, 3.05) is 6.54 Å². The van der Waals surface area contributed by atoms with Crippen molar-refractivity contribution in [3.8, 4) is 22.6 Å². The molecule has 0 saturated heterocycles. The Morgan fingerprint density at radius 2 is 1.58 bits per heavy atom. The molecule has 132 valence electrons. The SMILES string of the molecule is O=C(O)CNC(=O)CCc1nc(-c2ccccc2)c(-c2ccccc2)o1. The summed E-state index contributed by atoms with van der Waals surface area (Å²) in [4.78, 5) is 26.8. The van der Waals surface area contributed by atoms with Gasteiger partial charge in [0.15, 0.2) is 11.7 Å². The zero-order valence-corrected chi connectivity index (χ0v) is 14.0. The van der Waals surface area contributed by atoms with Crippen LogP contribution in [-0.2, 0) is 16.0 Å². The molecule has 1 aromatic heterocycles. The first-order chi connectivity index (χ1) is 12.6. The molecule has 0 spiro atoms. The van der Waals surface area contributed by atoms with Gasteiger partial charge >= 0.3 is 5.97 Å². The quantitative estimate of drug-likeness (QED) is 0.683. The summed E-state index contributed by atoms with van der Waals surface area (Å²) in [6, 6.07) is 19.3. The summed E-state index contributed by atoms with van der Waals surface area (Å²) in [5, 5.41) is 10.9. The lowest BCUT2D eigenvalue weighted by molar-refractivity contribution is -0.137. The monoisotopic (exact) mass is 350 g/mol. The van der Waals surface area contributed by atoms with Gasteiger partial charge in [0, 0.05) is 24.0 Å². The molecular weight excluding hydrogens is 332 g/mol. The van der Waals surface area contributed by atoms with Gasteiger partial charge in [0.25, 0.3) is 0 Å². The summed E-state index contributed by atoms with van der Waals surface area (Å²) < 4.78 is 5.92. The Bertz CT molecular complexity index is 832. The molecule has 0 bridgehead atoms. The summed E-state index contributed by atoms with van der Waals surface area (Å²) in [6.45, 7) is -0.394. The molecule has 6 heteroatoms. The number of aliphatic carboxylic acids is 1. The molecular formula is C20H18N2O4. The molecule has 1 heterocycles. The average molecular weight is 350 g/mol. The highest BCUT2D eigenvalue weighted by molar-refractivity contribution is 5.81. The first kappa shape index (κ1) is 17.4. The first-order valence-corrected chi connectivity index (χ1v) is 8.22. The van der Waals surface area contributed by atoms with Crippen LogP contribution in [0.5, 0.6) is 0 Å². The highest BCUT2D eigenvalue weighted by atomic mass is 16.4. The van der Waals surface area contributed by atoms with Crippen molar-refractivity contribution in [1.82, 2.24) is 10.3 Å². The van der Waals surface area contributed by atoms with Crippen LogP contribution in [-0.4, -0.2) is 28.5 Å². The van der Waals surface area contributed by atoms with Crippen LogP contribution in [0, 0.1) is 0 Å². The summed E-state index contributed by atoms with van der Waals surface area (Å²) in [7, 11) is 0. The second-order valence-electron chi connectivity index (χ2n) is 5.69. The van der Waals surface area contributed by atoms with Crippen LogP contribution in [0.15, 0.2) is 65.1 Å². The van der Waals surface area contributed by atoms with Crippen molar-refractivity contribution in [3.05, 3.63) is 66.6 Å². The Morgan fingerprint density at radius 3 is 2.19 bits per heavy atom. The third-order valence-corrected chi connectivity index (χ3v) is 3.76. The lowest BCUT2D eigenvalue weighted by Crippen LogP contribution is -2.29. The smallest absolute Gasteiger partial charge is 0.322 e. The normalized spacial score (nSPS) is 10.5. The molecule has 2 aromatic carbocycles. The van der Waals surface area contributed by atoms with E-state index in [1.165, 1.54) is 0 Å². The summed E-state index contributed by atoms with van der Waals surface area (Å²) in [6.07, 6.45) is 0.397. The lowest BCUT2D eigenvalue weighted by atomic mass is 10.1. The van der Waals surface area contributed by atoms with Crippen LogP contribution in [0.25, 0.3) is 22.6 Å². The molecule has 0 aliphatic carbocycles. The second-order valence-corrected chi connectivity index (χ2v) is 5.69. The Kier molecular flexibility index (Phi) is 5.43. The number of carboxylic acids is 1. The molecule has 2 N–H and O–H groups in total. The molecule has 0 unspecified atom stereocenters. The van der Waals surface area contributed by atoms with Gasteiger partial charge in [-0.25, -0.2) is 4.98 Å². The van der Waals surface area contributed by atoms with Crippen molar-refractivity contribution in [3.63, 3.8) is 0 Å². The fourth-order valence-corrected chi connectivity index (χ4v) is 2.53. The average Bonchev–Trinajstić information content (AvgIpc) is 3.10. The molecule has 1 amide bonds. The molecule has 0 aliphatic rings. The van der Waals surface area contributed by atoms with Crippen molar-refractivity contribution in [1.29, 1.82) is 0 Å². The Labute approximate surface area is 150 Å². The Balaban J connectivity index is 1.83. The standard InChI is InChI=1S/C20H18N2O4/c23-16(21-13-18(24)25)11-12-17-22-19(14-7-3-1-4-8-14)20(26-17)15-9-5-2-6-10-15/h1-10H,11-13H2,(H,21,23)(H,24,25). The number of hydrogen-bond acceptors (Lipinski definition) is 4. The van der Waals surface area contributed by atoms with Gasteiger partial charge in [0.1, 0.15) is 12.2 Å². The van der Waals surface area contributed by atoms with Gasteiger partial charge in [-0.3, -0.25) is 9.59 Å². The fraction of sp³-hybridized carbons (Fsp3) is 0.150. The number of aromatic nitrogens is 1. The van der Waals surface area contributed by atoms with E-state index in [0.717, 1.165) is 16.8 Å². The predicted octanol–water partition coefficient (Wildman–Crippen LogP) is 3.14. The zero-order valence-electron chi connectivity index (χ0n) is 14.0. The predicted molar refractivity (Wildman–Crippen MR) is 96.3 cm³/mol. The molecule has 0 atom stereocenters. The number of hydrogen-bond donors (Lipinski definition) is 2. The summed E-state index contributed by atoms with van der Waals surface area (Å²) in [5.41, 5.74) is 2.55. The highest BCUT2D eigenvalue weighted by Crippen LogP contribution is 2.32. The van der Waals surface area contributed by atoms with Gasteiger partial charge in [-0.2, -0.15) is 0 Å². The maximum Gasteiger partial charge on any atom is 0.322 e.